The molecule has 0 saturated carbocycles. The van der Waals surface area contributed by atoms with Crippen molar-refractivity contribution in [3.05, 3.63) is 57.9 Å². The molecule has 0 aliphatic carbocycles. The van der Waals surface area contributed by atoms with Crippen molar-refractivity contribution in [2.75, 3.05) is 5.32 Å². The summed E-state index contributed by atoms with van der Waals surface area (Å²) in [6.45, 7) is 0. The minimum absolute atomic E-state index is 0.322. The van der Waals surface area contributed by atoms with Crippen molar-refractivity contribution in [2.45, 2.75) is 9.79 Å². The van der Waals surface area contributed by atoms with E-state index in [1.807, 2.05) is 36.4 Å². The maximum Gasteiger partial charge on any atom is 0.352 e. The fraction of sp³-hybridized carbons (Fsp3) is 0. The van der Waals surface area contributed by atoms with Crippen molar-refractivity contribution in [2.24, 2.45) is 0 Å². The van der Waals surface area contributed by atoms with Gasteiger partial charge >= 0.3 is 5.63 Å². The van der Waals surface area contributed by atoms with Crippen molar-refractivity contribution >= 4 is 45.7 Å². The topological polar surface area (TPSA) is 42.2 Å². The van der Waals surface area contributed by atoms with Crippen LogP contribution in [0.25, 0.3) is 11.0 Å². The lowest BCUT2D eigenvalue weighted by atomic mass is 10.2. The summed E-state index contributed by atoms with van der Waals surface area (Å²) in [7, 11) is 0. The van der Waals surface area contributed by atoms with Gasteiger partial charge in [0.25, 0.3) is 0 Å². The maximum atomic E-state index is 12.1. The van der Waals surface area contributed by atoms with Crippen molar-refractivity contribution in [3.8, 4) is 0 Å². The largest absolute Gasteiger partial charge is 0.422 e. The minimum atomic E-state index is -0.322. The third-order valence-corrected chi connectivity index (χ3v) is 4.57. The van der Waals surface area contributed by atoms with E-state index in [1.165, 1.54) is 11.8 Å². The van der Waals surface area contributed by atoms with Gasteiger partial charge in [-0.15, -0.1) is 0 Å². The average Bonchev–Trinajstić information content (AvgIpc) is 2.46. The van der Waals surface area contributed by atoms with Crippen LogP contribution in [0.5, 0.6) is 0 Å². The summed E-state index contributed by atoms with van der Waals surface area (Å²) in [6.07, 6.45) is 0. The van der Waals surface area contributed by atoms with E-state index in [9.17, 15) is 4.79 Å². The number of hydrogen-bond donors (Lipinski definition) is 1. The fourth-order valence-electron chi connectivity index (χ4n) is 2.28. The quantitative estimate of drug-likeness (QED) is 0.480. The van der Waals surface area contributed by atoms with Crippen LogP contribution in [0, 0.1) is 0 Å². The summed E-state index contributed by atoms with van der Waals surface area (Å²) in [5.41, 5.74) is 1.95. The smallest absolute Gasteiger partial charge is 0.352 e. The van der Waals surface area contributed by atoms with E-state index in [2.05, 4.69) is 5.32 Å². The molecule has 0 radical (unpaired) electrons. The zero-order valence-corrected chi connectivity index (χ0v) is 11.7. The van der Waals surface area contributed by atoms with Crippen LogP contribution >= 0.6 is 23.4 Å². The van der Waals surface area contributed by atoms with Crippen LogP contribution in [0.2, 0.25) is 5.02 Å². The van der Waals surface area contributed by atoms with Gasteiger partial charge in [0.15, 0.2) is 0 Å². The number of halogens is 1. The standard InChI is InChI=1S/C15H8ClNO2S/c16-8-5-6-12-10(7-8)17-13-9-3-1-2-4-11(9)19-15(18)14(13)20-12/h1-7,17H. The van der Waals surface area contributed by atoms with Gasteiger partial charge in [-0.1, -0.05) is 35.5 Å². The number of hydrogen-bond acceptors (Lipinski definition) is 4. The first-order chi connectivity index (χ1) is 9.72. The third-order valence-electron chi connectivity index (χ3n) is 3.18. The number of nitrogens with one attached hydrogen (secondary N) is 1. The molecule has 20 heavy (non-hydrogen) atoms. The highest BCUT2D eigenvalue weighted by atomic mass is 35.5. The Morgan fingerprint density at radius 3 is 2.90 bits per heavy atom. The lowest BCUT2D eigenvalue weighted by molar-refractivity contribution is 0.544. The molecule has 1 N–H and O–H groups in total. The monoisotopic (exact) mass is 301 g/mol. The molecule has 5 heteroatoms. The Kier molecular flexibility index (Phi) is 2.55. The molecule has 1 aliphatic rings. The first-order valence-corrected chi connectivity index (χ1v) is 7.22. The average molecular weight is 302 g/mol. The Bertz CT molecular complexity index is 904. The van der Waals surface area contributed by atoms with Gasteiger partial charge in [-0.05, 0) is 30.3 Å². The van der Waals surface area contributed by atoms with Gasteiger partial charge < -0.3 is 9.73 Å². The SMILES string of the molecule is O=c1oc2ccccc2c2c1Sc1ccc(Cl)cc1N2. The van der Waals surface area contributed by atoms with Crippen molar-refractivity contribution in [3.63, 3.8) is 0 Å². The Labute approximate surface area is 123 Å². The molecule has 2 heterocycles. The molecule has 0 atom stereocenters. The van der Waals surface area contributed by atoms with Crippen molar-refractivity contribution in [1.29, 1.82) is 0 Å². The summed E-state index contributed by atoms with van der Waals surface area (Å²) < 4.78 is 5.36. The van der Waals surface area contributed by atoms with Gasteiger partial charge in [-0.3, -0.25) is 0 Å². The zero-order chi connectivity index (χ0) is 13.7. The van der Waals surface area contributed by atoms with Gasteiger partial charge in [-0.25, -0.2) is 4.79 Å². The van der Waals surface area contributed by atoms with Gasteiger partial charge in [0, 0.05) is 15.3 Å². The predicted octanol–water partition coefficient (Wildman–Crippen LogP) is 4.65. The molecule has 3 nitrogen and oxygen atoms in total. The second-order valence-electron chi connectivity index (χ2n) is 4.46. The lowest BCUT2D eigenvalue weighted by Crippen LogP contribution is -2.10. The van der Waals surface area contributed by atoms with Crippen LogP contribution in [0.15, 0.2) is 61.5 Å². The minimum Gasteiger partial charge on any atom is -0.422 e. The Morgan fingerprint density at radius 2 is 2.00 bits per heavy atom. The van der Waals surface area contributed by atoms with Crippen molar-refractivity contribution in [1.82, 2.24) is 0 Å². The molecule has 98 valence electrons. The van der Waals surface area contributed by atoms with Crippen LogP contribution in [-0.4, -0.2) is 0 Å². The molecule has 0 spiro atoms. The summed E-state index contributed by atoms with van der Waals surface area (Å²) in [5.74, 6) is 0. The molecule has 4 rings (SSSR count). The number of fused-ring (bicyclic) bond motifs is 4. The molecule has 3 aromatic rings. The second-order valence-corrected chi connectivity index (χ2v) is 5.95. The molecule has 0 amide bonds. The van der Waals surface area contributed by atoms with Crippen molar-refractivity contribution < 1.29 is 4.42 Å². The summed E-state index contributed by atoms with van der Waals surface area (Å²) in [5, 5.41) is 4.85. The summed E-state index contributed by atoms with van der Waals surface area (Å²) in [6, 6.07) is 13.0. The first-order valence-electron chi connectivity index (χ1n) is 6.02. The fourth-order valence-corrected chi connectivity index (χ4v) is 3.42. The molecule has 1 aromatic heterocycles. The molecule has 0 fully saturated rings. The van der Waals surface area contributed by atoms with E-state index < -0.39 is 0 Å². The highest BCUT2D eigenvalue weighted by Crippen LogP contribution is 2.45. The van der Waals surface area contributed by atoms with Crippen LogP contribution in [-0.2, 0) is 0 Å². The molecule has 0 unspecified atom stereocenters. The molecule has 0 saturated heterocycles. The summed E-state index contributed by atoms with van der Waals surface area (Å²) in [4.78, 5) is 13.6. The van der Waals surface area contributed by atoms with E-state index in [1.54, 1.807) is 6.07 Å². The number of anilines is 2. The van der Waals surface area contributed by atoms with E-state index in [0.29, 0.717) is 15.5 Å². The Morgan fingerprint density at radius 1 is 1.15 bits per heavy atom. The van der Waals surface area contributed by atoms with E-state index >= 15 is 0 Å². The maximum absolute atomic E-state index is 12.1. The first kappa shape index (κ1) is 11.9. The molecule has 1 aliphatic heterocycles. The number of rotatable bonds is 0. The number of benzene rings is 2. The predicted molar refractivity (Wildman–Crippen MR) is 81.3 cm³/mol. The Balaban J connectivity index is 2.02. The summed E-state index contributed by atoms with van der Waals surface area (Å²) >= 11 is 7.43. The van der Waals surface area contributed by atoms with Crippen LogP contribution in [0.4, 0.5) is 11.4 Å². The highest BCUT2D eigenvalue weighted by molar-refractivity contribution is 7.99. The third kappa shape index (κ3) is 1.72. The lowest BCUT2D eigenvalue weighted by Gasteiger charge is -2.21. The Hall–Kier alpha value is -1.91. The van der Waals surface area contributed by atoms with Gasteiger partial charge in [0.05, 0.1) is 11.4 Å². The van der Waals surface area contributed by atoms with E-state index in [4.69, 9.17) is 16.0 Å². The van der Waals surface area contributed by atoms with Crippen LogP contribution < -0.4 is 10.9 Å². The van der Waals surface area contributed by atoms with Gasteiger partial charge in [0.2, 0.25) is 0 Å². The van der Waals surface area contributed by atoms with Crippen LogP contribution in [0.1, 0.15) is 0 Å². The molecular weight excluding hydrogens is 294 g/mol. The van der Waals surface area contributed by atoms with Gasteiger partial charge in [0.1, 0.15) is 10.5 Å². The normalized spacial score (nSPS) is 12.7. The van der Waals surface area contributed by atoms with E-state index in [-0.39, 0.29) is 5.63 Å². The van der Waals surface area contributed by atoms with Gasteiger partial charge in [-0.2, -0.15) is 0 Å². The highest BCUT2D eigenvalue weighted by Gasteiger charge is 2.22. The van der Waals surface area contributed by atoms with E-state index in [0.717, 1.165) is 21.7 Å². The molecular formula is C15H8ClNO2S. The molecule has 0 bridgehead atoms. The molecule has 2 aromatic carbocycles. The number of para-hydroxylation sites is 1. The zero-order valence-electron chi connectivity index (χ0n) is 10.1. The van der Waals surface area contributed by atoms with Crippen LogP contribution in [0.3, 0.4) is 0 Å². The second kappa shape index (κ2) is 4.30.